The van der Waals surface area contributed by atoms with Crippen molar-refractivity contribution in [3.05, 3.63) is 85.1 Å². The number of allylic oxidation sites excluding steroid dienone is 2. The standard InChI is InChI=1S/C10H9FN2.C6H6/c11-10-9(5-4-6-12-10)13-7-2-1-3-8-13;1-2-4-6-5-3-1/h1-7H,8H2;1-6H. The quantitative estimate of drug-likeness (QED) is 0.720. The van der Waals surface area contributed by atoms with Crippen LogP contribution in [-0.2, 0) is 0 Å². The minimum Gasteiger partial charge on any atom is -0.340 e. The third kappa shape index (κ3) is 4.07. The van der Waals surface area contributed by atoms with Gasteiger partial charge in [0.05, 0.1) is 5.69 Å². The Hall–Kier alpha value is -2.42. The molecule has 2 heterocycles. The maximum absolute atomic E-state index is 13.2. The molecule has 3 heteroatoms. The van der Waals surface area contributed by atoms with Crippen molar-refractivity contribution < 1.29 is 4.39 Å². The predicted molar refractivity (Wildman–Crippen MR) is 76.3 cm³/mol. The molecular formula is C16H15FN2. The van der Waals surface area contributed by atoms with Crippen LogP contribution in [0.25, 0.3) is 0 Å². The Morgan fingerprint density at radius 3 is 2.16 bits per heavy atom. The van der Waals surface area contributed by atoms with Crippen LogP contribution < -0.4 is 4.90 Å². The zero-order valence-electron chi connectivity index (χ0n) is 10.5. The van der Waals surface area contributed by atoms with Crippen molar-refractivity contribution in [2.24, 2.45) is 0 Å². The molecule has 0 unspecified atom stereocenters. The molecule has 1 aliphatic rings. The maximum Gasteiger partial charge on any atom is 0.236 e. The molecule has 0 fully saturated rings. The first-order chi connectivity index (χ1) is 9.38. The predicted octanol–water partition coefficient (Wildman–Crippen LogP) is 3.80. The van der Waals surface area contributed by atoms with E-state index in [-0.39, 0.29) is 0 Å². The molecule has 0 amide bonds. The third-order valence-corrected chi connectivity index (χ3v) is 2.53. The number of aromatic nitrogens is 1. The zero-order valence-corrected chi connectivity index (χ0v) is 10.5. The van der Waals surface area contributed by atoms with Crippen molar-refractivity contribution in [3.63, 3.8) is 0 Å². The van der Waals surface area contributed by atoms with Gasteiger partial charge < -0.3 is 4.90 Å². The van der Waals surface area contributed by atoms with Gasteiger partial charge in [0, 0.05) is 18.9 Å². The number of hydrogen-bond acceptors (Lipinski definition) is 2. The second-order valence-electron chi connectivity index (χ2n) is 3.89. The van der Waals surface area contributed by atoms with Crippen molar-refractivity contribution >= 4 is 5.69 Å². The lowest BCUT2D eigenvalue weighted by molar-refractivity contribution is 0.583. The van der Waals surface area contributed by atoms with E-state index in [0.717, 1.165) is 0 Å². The number of pyridine rings is 1. The molecular weight excluding hydrogens is 239 g/mol. The summed E-state index contributed by atoms with van der Waals surface area (Å²) >= 11 is 0. The summed E-state index contributed by atoms with van der Waals surface area (Å²) < 4.78 is 13.2. The van der Waals surface area contributed by atoms with Gasteiger partial charge in [-0.1, -0.05) is 48.6 Å². The Morgan fingerprint density at radius 1 is 0.947 bits per heavy atom. The molecule has 0 radical (unpaired) electrons. The van der Waals surface area contributed by atoms with E-state index >= 15 is 0 Å². The fourth-order valence-corrected chi connectivity index (χ4v) is 1.62. The van der Waals surface area contributed by atoms with Gasteiger partial charge in [0.1, 0.15) is 0 Å². The average Bonchev–Trinajstić information content (AvgIpc) is 2.51. The first-order valence-electron chi connectivity index (χ1n) is 6.08. The lowest BCUT2D eigenvalue weighted by Crippen LogP contribution is -2.18. The van der Waals surface area contributed by atoms with Crippen LogP contribution in [0.2, 0.25) is 0 Å². The van der Waals surface area contributed by atoms with Gasteiger partial charge in [-0.2, -0.15) is 4.39 Å². The minimum absolute atomic E-state index is 0.428. The summed E-state index contributed by atoms with van der Waals surface area (Å²) in [5.74, 6) is -0.428. The molecule has 0 N–H and O–H groups in total. The van der Waals surface area contributed by atoms with E-state index in [9.17, 15) is 4.39 Å². The Kier molecular flexibility index (Phi) is 4.87. The second-order valence-corrected chi connectivity index (χ2v) is 3.89. The van der Waals surface area contributed by atoms with Gasteiger partial charge in [0.15, 0.2) is 0 Å². The summed E-state index contributed by atoms with van der Waals surface area (Å²) in [6.07, 6.45) is 9.05. The molecule has 0 saturated heterocycles. The highest BCUT2D eigenvalue weighted by Crippen LogP contribution is 2.18. The van der Waals surface area contributed by atoms with E-state index in [1.807, 2.05) is 65.7 Å². The smallest absolute Gasteiger partial charge is 0.236 e. The largest absolute Gasteiger partial charge is 0.340 e. The van der Waals surface area contributed by atoms with Gasteiger partial charge in [0.2, 0.25) is 5.95 Å². The monoisotopic (exact) mass is 254 g/mol. The molecule has 2 nitrogen and oxygen atoms in total. The summed E-state index contributed by atoms with van der Waals surface area (Å²) in [6.45, 7) is 0.694. The van der Waals surface area contributed by atoms with Crippen LogP contribution >= 0.6 is 0 Å². The number of nitrogens with zero attached hydrogens (tertiary/aromatic N) is 2. The van der Waals surface area contributed by atoms with E-state index in [0.29, 0.717) is 12.2 Å². The molecule has 0 aliphatic carbocycles. The van der Waals surface area contributed by atoms with Crippen LogP contribution in [0, 0.1) is 5.95 Å². The molecule has 0 saturated carbocycles. The highest BCUT2D eigenvalue weighted by atomic mass is 19.1. The van der Waals surface area contributed by atoms with Gasteiger partial charge in [-0.3, -0.25) is 0 Å². The van der Waals surface area contributed by atoms with Crippen LogP contribution in [0.15, 0.2) is 79.2 Å². The number of benzene rings is 1. The van der Waals surface area contributed by atoms with Crippen molar-refractivity contribution in [2.75, 3.05) is 11.4 Å². The van der Waals surface area contributed by atoms with E-state index < -0.39 is 5.95 Å². The van der Waals surface area contributed by atoms with E-state index in [1.54, 1.807) is 12.1 Å². The SMILES string of the molecule is Fc1ncccc1N1C=CC=CC1.c1ccccc1. The summed E-state index contributed by atoms with van der Waals surface area (Å²) in [6, 6.07) is 15.4. The van der Waals surface area contributed by atoms with Crippen molar-refractivity contribution in [3.8, 4) is 0 Å². The average molecular weight is 254 g/mol. The maximum atomic E-state index is 13.2. The molecule has 96 valence electrons. The summed E-state index contributed by atoms with van der Waals surface area (Å²) in [7, 11) is 0. The summed E-state index contributed by atoms with van der Waals surface area (Å²) in [5.41, 5.74) is 0.517. The first-order valence-corrected chi connectivity index (χ1v) is 6.08. The van der Waals surface area contributed by atoms with Crippen LogP contribution in [0.3, 0.4) is 0 Å². The molecule has 1 aromatic carbocycles. The molecule has 2 aromatic rings. The Labute approximate surface area is 112 Å². The molecule has 1 aromatic heterocycles. The molecule has 0 atom stereocenters. The van der Waals surface area contributed by atoms with Crippen LogP contribution in [0.1, 0.15) is 0 Å². The Balaban J connectivity index is 0.000000186. The number of hydrogen-bond donors (Lipinski definition) is 0. The molecule has 1 aliphatic heterocycles. The third-order valence-electron chi connectivity index (χ3n) is 2.53. The number of halogens is 1. The normalized spacial score (nSPS) is 12.8. The lowest BCUT2D eigenvalue weighted by Gasteiger charge is -2.20. The highest BCUT2D eigenvalue weighted by Gasteiger charge is 2.08. The molecule has 0 spiro atoms. The van der Waals surface area contributed by atoms with Crippen molar-refractivity contribution in [2.45, 2.75) is 0 Å². The Morgan fingerprint density at radius 2 is 1.63 bits per heavy atom. The Bertz CT molecular complexity index is 523. The summed E-state index contributed by atoms with van der Waals surface area (Å²) in [5, 5.41) is 0. The van der Waals surface area contributed by atoms with Crippen LogP contribution in [0.4, 0.5) is 10.1 Å². The van der Waals surface area contributed by atoms with Crippen molar-refractivity contribution in [1.82, 2.24) is 4.98 Å². The van der Waals surface area contributed by atoms with Gasteiger partial charge >= 0.3 is 0 Å². The first kappa shape index (κ1) is 13.0. The van der Waals surface area contributed by atoms with Crippen molar-refractivity contribution in [1.29, 1.82) is 0 Å². The van der Waals surface area contributed by atoms with E-state index in [4.69, 9.17) is 0 Å². The van der Waals surface area contributed by atoms with E-state index in [2.05, 4.69) is 4.98 Å². The zero-order chi connectivity index (χ0) is 13.3. The van der Waals surface area contributed by atoms with Gasteiger partial charge in [-0.25, -0.2) is 4.98 Å². The molecule has 0 bridgehead atoms. The number of anilines is 1. The van der Waals surface area contributed by atoms with Crippen LogP contribution in [-0.4, -0.2) is 11.5 Å². The van der Waals surface area contributed by atoms with Crippen LogP contribution in [0.5, 0.6) is 0 Å². The summed E-state index contributed by atoms with van der Waals surface area (Å²) in [4.78, 5) is 5.40. The number of rotatable bonds is 1. The lowest BCUT2D eigenvalue weighted by atomic mass is 10.3. The second kappa shape index (κ2) is 7.11. The molecule has 19 heavy (non-hydrogen) atoms. The van der Waals surface area contributed by atoms with Gasteiger partial charge in [-0.15, -0.1) is 0 Å². The molecule has 3 rings (SSSR count). The highest BCUT2D eigenvalue weighted by molar-refractivity contribution is 5.50. The fourth-order valence-electron chi connectivity index (χ4n) is 1.62. The minimum atomic E-state index is -0.428. The van der Waals surface area contributed by atoms with E-state index in [1.165, 1.54) is 6.20 Å². The topological polar surface area (TPSA) is 16.1 Å². The van der Waals surface area contributed by atoms with Gasteiger partial charge in [-0.05, 0) is 18.2 Å². The van der Waals surface area contributed by atoms with Gasteiger partial charge in [0.25, 0.3) is 0 Å². The fraction of sp³-hybridized carbons (Fsp3) is 0.0625.